The van der Waals surface area contributed by atoms with Gasteiger partial charge in [-0.25, -0.2) is 0 Å². The van der Waals surface area contributed by atoms with Crippen LogP contribution in [0.5, 0.6) is 0 Å². The number of carbonyl (C=O) groups is 1. The van der Waals surface area contributed by atoms with Crippen molar-refractivity contribution in [1.82, 2.24) is 9.80 Å². The number of nitrogens with zero attached hydrogens (tertiary/aromatic N) is 2. The lowest BCUT2D eigenvalue weighted by Gasteiger charge is -2.35. The summed E-state index contributed by atoms with van der Waals surface area (Å²) in [6.07, 6.45) is 3.25. The number of carbonyl (C=O) groups excluding carboxylic acids is 1. The largest absolute Gasteiger partial charge is 0.377 e. The molecule has 1 atom stereocenters. The van der Waals surface area contributed by atoms with Crippen molar-refractivity contribution in [3.8, 4) is 11.1 Å². The Morgan fingerprint density at radius 1 is 0.926 bits per heavy atom. The van der Waals surface area contributed by atoms with E-state index < -0.39 is 0 Å². The molecule has 2 heterocycles. The lowest BCUT2D eigenvalue weighted by atomic mass is 10.0. The summed E-state index contributed by atoms with van der Waals surface area (Å²) in [4.78, 5) is 17.1. The highest BCUT2D eigenvalue weighted by Crippen LogP contribution is 2.20. The summed E-state index contributed by atoms with van der Waals surface area (Å²) in [7, 11) is 0. The fraction of sp³-hybridized carbons (Fsp3) is 0.435. The Labute approximate surface area is 161 Å². The molecule has 2 aromatic rings. The van der Waals surface area contributed by atoms with Crippen LogP contribution < -0.4 is 0 Å². The van der Waals surface area contributed by atoms with Crippen LogP contribution in [0.25, 0.3) is 11.1 Å². The van der Waals surface area contributed by atoms with Crippen LogP contribution in [0.3, 0.4) is 0 Å². The number of rotatable bonds is 5. The molecule has 0 N–H and O–H groups in total. The summed E-state index contributed by atoms with van der Waals surface area (Å²) in [5, 5.41) is 0. The maximum absolute atomic E-state index is 12.7. The van der Waals surface area contributed by atoms with Gasteiger partial charge in [0.15, 0.2) is 0 Å². The Hall–Kier alpha value is -2.17. The van der Waals surface area contributed by atoms with E-state index in [4.69, 9.17) is 4.74 Å². The van der Waals surface area contributed by atoms with E-state index >= 15 is 0 Å². The molecule has 4 rings (SSSR count). The van der Waals surface area contributed by atoms with Crippen LogP contribution in [-0.2, 0) is 16.0 Å². The zero-order valence-electron chi connectivity index (χ0n) is 15.8. The maximum atomic E-state index is 12.7. The van der Waals surface area contributed by atoms with Crippen molar-refractivity contribution in [2.24, 2.45) is 0 Å². The predicted octanol–water partition coefficient (Wildman–Crippen LogP) is 3.22. The molecule has 1 unspecified atom stereocenters. The summed E-state index contributed by atoms with van der Waals surface area (Å²) in [5.41, 5.74) is 3.48. The molecule has 0 saturated carbocycles. The molecule has 0 aliphatic carbocycles. The smallest absolute Gasteiger partial charge is 0.227 e. The zero-order valence-corrected chi connectivity index (χ0v) is 15.8. The van der Waals surface area contributed by atoms with Crippen molar-refractivity contribution in [3.05, 3.63) is 60.2 Å². The molecule has 4 nitrogen and oxygen atoms in total. The van der Waals surface area contributed by atoms with E-state index in [9.17, 15) is 4.79 Å². The van der Waals surface area contributed by atoms with E-state index in [1.807, 2.05) is 23.1 Å². The molecule has 0 aromatic heterocycles. The predicted molar refractivity (Wildman–Crippen MR) is 108 cm³/mol. The molecular weight excluding hydrogens is 336 g/mol. The van der Waals surface area contributed by atoms with Crippen molar-refractivity contribution in [3.63, 3.8) is 0 Å². The van der Waals surface area contributed by atoms with Gasteiger partial charge in [0.1, 0.15) is 0 Å². The third-order valence-electron chi connectivity index (χ3n) is 5.63. The summed E-state index contributed by atoms with van der Waals surface area (Å²) in [6, 6.07) is 18.7. The minimum absolute atomic E-state index is 0.235. The molecule has 2 saturated heterocycles. The molecular formula is C23H28N2O2. The quantitative estimate of drug-likeness (QED) is 0.817. The van der Waals surface area contributed by atoms with E-state index in [0.717, 1.165) is 44.9 Å². The Bertz CT molecular complexity index is 731. The molecule has 1 amide bonds. The number of benzene rings is 2. The molecule has 2 fully saturated rings. The first-order valence-electron chi connectivity index (χ1n) is 10.0. The molecule has 27 heavy (non-hydrogen) atoms. The van der Waals surface area contributed by atoms with Crippen LogP contribution >= 0.6 is 0 Å². The molecule has 2 aromatic carbocycles. The van der Waals surface area contributed by atoms with Crippen LogP contribution in [0.1, 0.15) is 18.4 Å². The molecule has 2 aliphatic rings. The Balaban J connectivity index is 1.27. The van der Waals surface area contributed by atoms with Crippen molar-refractivity contribution >= 4 is 5.91 Å². The minimum Gasteiger partial charge on any atom is -0.377 e. The van der Waals surface area contributed by atoms with Gasteiger partial charge in [-0.1, -0.05) is 54.6 Å². The second-order valence-electron chi connectivity index (χ2n) is 7.56. The topological polar surface area (TPSA) is 32.8 Å². The van der Waals surface area contributed by atoms with Gasteiger partial charge in [-0.3, -0.25) is 9.69 Å². The van der Waals surface area contributed by atoms with Crippen molar-refractivity contribution in [2.45, 2.75) is 25.4 Å². The van der Waals surface area contributed by atoms with Gasteiger partial charge in [-0.15, -0.1) is 0 Å². The summed E-state index contributed by atoms with van der Waals surface area (Å²) in [6.45, 7) is 5.49. The fourth-order valence-corrected chi connectivity index (χ4v) is 3.99. The first-order valence-corrected chi connectivity index (χ1v) is 10.0. The van der Waals surface area contributed by atoms with Crippen molar-refractivity contribution < 1.29 is 9.53 Å². The molecule has 2 aliphatic heterocycles. The van der Waals surface area contributed by atoms with Gasteiger partial charge in [-0.2, -0.15) is 0 Å². The summed E-state index contributed by atoms with van der Waals surface area (Å²) < 4.78 is 5.73. The van der Waals surface area contributed by atoms with Gasteiger partial charge in [0.25, 0.3) is 0 Å². The third-order valence-corrected chi connectivity index (χ3v) is 5.63. The van der Waals surface area contributed by atoms with Crippen molar-refractivity contribution in [2.75, 3.05) is 39.3 Å². The van der Waals surface area contributed by atoms with Gasteiger partial charge in [-0.05, 0) is 29.5 Å². The zero-order chi connectivity index (χ0) is 18.5. The highest BCUT2D eigenvalue weighted by atomic mass is 16.5. The number of amides is 1. The monoisotopic (exact) mass is 364 g/mol. The number of ether oxygens (including phenoxy) is 1. The lowest BCUT2D eigenvalue weighted by molar-refractivity contribution is -0.132. The van der Waals surface area contributed by atoms with Gasteiger partial charge in [0.05, 0.1) is 12.5 Å². The first-order chi connectivity index (χ1) is 13.3. The number of piperazine rings is 1. The van der Waals surface area contributed by atoms with Crippen LogP contribution in [0.2, 0.25) is 0 Å². The van der Waals surface area contributed by atoms with E-state index in [-0.39, 0.29) is 5.91 Å². The second-order valence-corrected chi connectivity index (χ2v) is 7.56. The van der Waals surface area contributed by atoms with E-state index in [0.29, 0.717) is 12.5 Å². The number of hydrogen-bond donors (Lipinski definition) is 0. The van der Waals surface area contributed by atoms with Crippen LogP contribution in [0.4, 0.5) is 0 Å². The minimum atomic E-state index is 0.235. The van der Waals surface area contributed by atoms with Gasteiger partial charge < -0.3 is 9.64 Å². The standard InChI is InChI=1S/C23H28N2O2/c26-23(25-14-12-24(13-15-25)18-22-7-4-16-27-22)17-19-8-10-21(11-9-19)20-5-2-1-3-6-20/h1-3,5-6,8-11,22H,4,7,12-18H2. The summed E-state index contributed by atoms with van der Waals surface area (Å²) >= 11 is 0. The Morgan fingerprint density at radius 2 is 1.63 bits per heavy atom. The first kappa shape index (κ1) is 18.2. The Morgan fingerprint density at radius 3 is 2.30 bits per heavy atom. The highest BCUT2D eigenvalue weighted by molar-refractivity contribution is 5.79. The van der Waals surface area contributed by atoms with Crippen LogP contribution in [0.15, 0.2) is 54.6 Å². The third kappa shape index (κ3) is 4.76. The maximum Gasteiger partial charge on any atom is 0.227 e. The van der Waals surface area contributed by atoms with Crippen molar-refractivity contribution in [1.29, 1.82) is 0 Å². The fourth-order valence-electron chi connectivity index (χ4n) is 3.99. The van der Waals surface area contributed by atoms with Crippen LogP contribution in [-0.4, -0.2) is 61.1 Å². The Kier molecular flexibility index (Phi) is 5.85. The van der Waals surface area contributed by atoms with Crippen LogP contribution in [0, 0.1) is 0 Å². The normalized spacial score (nSPS) is 20.7. The van der Waals surface area contributed by atoms with E-state index in [1.165, 1.54) is 24.0 Å². The number of hydrogen-bond acceptors (Lipinski definition) is 3. The molecule has 0 spiro atoms. The van der Waals surface area contributed by atoms with Gasteiger partial charge >= 0.3 is 0 Å². The average Bonchev–Trinajstić information content (AvgIpc) is 3.23. The van der Waals surface area contributed by atoms with E-state index in [1.54, 1.807) is 0 Å². The molecule has 0 radical (unpaired) electrons. The average molecular weight is 364 g/mol. The SMILES string of the molecule is O=C(Cc1ccc(-c2ccccc2)cc1)N1CCN(CC2CCCO2)CC1. The van der Waals surface area contributed by atoms with Gasteiger partial charge in [0.2, 0.25) is 5.91 Å². The van der Waals surface area contributed by atoms with E-state index in [2.05, 4.69) is 41.3 Å². The summed E-state index contributed by atoms with van der Waals surface area (Å²) in [5.74, 6) is 0.235. The lowest BCUT2D eigenvalue weighted by Crippen LogP contribution is -2.50. The molecule has 0 bridgehead atoms. The second kappa shape index (κ2) is 8.68. The highest BCUT2D eigenvalue weighted by Gasteiger charge is 2.24. The molecule has 4 heteroatoms. The molecule has 142 valence electrons. The van der Waals surface area contributed by atoms with Gasteiger partial charge in [0, 0.05) is 39.3 Å².